The van der Waals surface area contributed by atoms with Gasteiger partial charge < -0.3 is 9.32 Å². The van der Waals surface area contributed by atoms with Crippen molar-refractivity contribution in [1.82, 2.24) is 9.88 Å². The Bertz CT molecular complexity index is 793. The molecule has 1 fully saturated rings. The number of aromatic nitrogens is 1. The molecule has 1 aromatic carbocycles. The zero-order chi connectivity index (χ0) is 16.4. The van der Waals surface area contributed by atoms with E-state index in [2.05, 4.69) is 46.0 Å². The first-order valence-corrected chi connectivity index (χ1v) is 8.65. The molecule has 4 heteroatoms. The van der Waals surface area contributed by atoms with Gasteiger partial charge in [0, 0.05) is 49.6 Å². The number of pyridine rings is 1. The maximum Gasteiger partial charge on any atom is 0.134 e. The summed E-state index contributed by atoms with van der Waals surface area (Å²) in [5.41, 5.74) is 3.55. The van der Waals surface area contributed by atoms with E-state index in [0.29, 0.717) is 0 Å². The maximum absolute atomic E-state index is 5.98. The summed E-state index contributed by atoms with van der Waals surface area (Å²) in [5.74, 6) is 1.06. The van der Waals surface area contributed by atoms with Crippen LogP contribution in [0.15, 0.2) is 53.2 Å². The molecule has 0 aliphatic carbocycles. The van der Waals surface area contributed by atoms with Crippen molar-refractivity contribution in [2.75, 3.05) is 31.1 Å². The molecular weight excluding hydrogens is 298 g/mol. The molecule has 24 heavy (non-hydrogen) atoms. The molecule has 4 rings (SSSR count). The molecule has 0 amide bonds. The fourth-order valence-electron chi connectivity index (χ4n) is 3.53. The summed E-state index contributed by atoms with van der Waals surface area (Å²) in [6.45, 7) is 7.33. The summed E-state index contributed by atoms with van der Waals surface area (Å²) in [6, 6.07) is 12.5. The summed E-state index contributed by atoms with van der Waals surface area (Å²) in [4.78, 5) is 9.18. The Morgan fingerprint density at radius 2 is 2.00 bits per heavy atom. The molecule has 0 N–H and O–H groups in total. The van der Waals surface area contributed by atoms with E-state index in [-0.39, 0.29) is 0 Å². The van der Waals surface area contributed by atoms with Gasteiger partial charge in [-0.3, -0.25) is 9.88 Å². The predicted molar refractivity (Wildman–Crippen MR) is 97.3 cm³/mol. The van der Waals surface area contributed by atoms with Crippen molar-refractivity contribution in [3.8, 4) is 0 Å². The molecule has 0 radical (unpaired) electrons. The number of hydrogen-bond acceptors (Lipinski definition) is 4. The van der Waals surface area contributed by atoms with Crippen LogP contribution in [0.25, 0.3) is 11.0 Å². The first-order valence-electron chi connectivity index (χ1n) is 8.65. The third-order valence-electron chi connectivity index (χ3n) is 4.78. The van der Waals surface area contributed by atoms with Gasteiger partial charge in [-0.05, 0) is 37.1 Å². The molecule has 0 spiro atoms. The van der Waals surface area contributed by atoms with E-state index in [0.717, 1.165) is 44.1 Å². The second-order valence-electron chi connectivity index (χ2n) is 6.53. The molecule has 0 saturated carbocycles. The van der Waals surface area contributed by atoms with E-state index in [1.165, 1.54) is 23.1 Å². The lowest BCUT2D eigenvalue weighted by molar-refractivity contribution is 0.263. The first kappa shape index (κ1) is 15.2. The Morgan fingerprint density at radius 1 is 1.08 bits per heavy atom. The van der Waals surface area contributed by atoms with Gasteiger partial charge in [-0.2, -0.15) is 0 Å². The van der Waals surface area contributed by atoms with Crippen LogP contribution >= 0.6 is 0 Å². The lowest BCUT2D eigenvalue weighted by Gasteiger charge is -2.24. The molecule has 4 nitrogen and oxygen atoms in total. The Labute approximate surface area is 142 Å². The second-order valence-corrected chi connectivity index (χ2v) is 6.53. The number of para-hydroxylation sites is 1. The summed E-state index contributed by atoms with van der Waals surface area (Å²) in [5, 5.41) is 1.19. The molecule has 3 heterocycles. The molecule has 0 atom stereocenters. The second kappa shape index (κ2) is 6.65. The van der Waals surface area contributed by atoms with Crippen molar-refractivity contribution < 1.29 is 4.42 Å². The van der Waals surface area contributed by atoms with Crippen LogP contribution in [0.2, 0.25) is 0 Å². The SMILES string of the molecule is Cc1cnccc1N1CCCN(Cc2cc3ccccc3o2)CC1. The monoisotopic (exact) mass is 321 g/mol. The molecular formula is C20H23N3O. The van der Waals surface area contributed by atoms with Gasteiger partial charge in [0.1, 0.15) is 11.3 Å². The Hall–Kier alpha value is -2.33. The Kier molecular flexibility index (Phi) is 4.22. The van der Waals surface area contributed by atoms with Gasteiger partial charge >= 0.3 is 0 Å². The molecule has 2 aromatic heterocycles. The van der Waals surface area contributed by atoms with Gasteiger partial charge in [-0.1, -0.05) is 18.2 Å². The quantitative estimate of drug-likeness (QED) is 0.733. The molecule has 1 aliphatic rings. The van der Waals surface area contributed by atoms with Gasteiger partial charge in [0.25, 0.3) is 0 Å². The van der Waals surface area contributed by atoms with Crippen molar-refractivity contribution in [2.45, 2.75) is 19.9 Å². The van der Waals surface area contributed by atoms with Crippen LogP contribution in [-0.2, 0) is 6.54 Å². The number of anilines is 1. The average molecular weight is 321 g/mol. The van der Waals surface area contributed by atoms with Gasteiger partial charge in [-0.25, -0.2) is 0 Å². The molecule has 3 aromatic rings. The van der Waals surface area contributed by atoms with Crippen LogP contribution in [0.4, 0.5) is 5.69 Å². The van der Waals surface area contributed by atoms with Crippen LogP contribution in [0.3, 0.4) is 0 Å². The van der Waals surface area contributed by atoms with E-state index in [1.54, 1.807) is 0 Å². The minimum absolute atomic E-state index is 0.887. The minimum Gasteiger partial charge on any atom is -0.460 e. The smallest absolute Gasteiger partial charge is 0.134 e. The largest absolute Gasteiger partial charge is 0.460 e. The van der Waals surface area contributed by atoms with E-state index in [1.807, 2.05) is 24.5 Å². The topological polar surface area (TPSA) is 32.5 Å². The average Bonchev–Trinajstić information content (AvgIpc) is 2.86. The third kappa shape index (κ3) is 3.15. The first-order chi connectivity index (χ1) is 11.8. The van der Waals surface area contributed by atoms with Crippen molar-refractivity contribution in [3.05, 3.63) is 60.1 Å². The lowest BCUT2D eigenvalue weighted by atomic mass is 10.2. The molecule has 1 saturated heterocycles. The highest BCUT2D eigenvalue weighted by atomic mass is 16.3. The standard InChI is InChI=1S/C20H23N3O/c1-16-14-21-8-7-19(16)23-10-4-9-22(11-12-23)15-18-13-17-5-2-3-6-20(17)24-18/h2-3,5-8,13-14H,4,9-12,15H2,1H3. The highest BCUT2D eigenvalue weighted by Crippen LogP contribution is 2.22. The van der Waals surface area contributed by atoms with E-state index in [4.69, 9.17) is 4.42 Å². The zero-order valence-electron chi connectivity index (χ0n) is 14.1. The highest BCUT2D eigenvalue weighted by Gasteiger charge is 2.17. The van der Waals surface area contributed by atoms with Crippen LogP contribution in [0, 0.1) is 6.92 Å². The van der Waals surface area contributed by atoms with Crippen molar-refractivity contribution in [2.24, 2.45) is 0 Å². The van der Waals surface area contributed by atoms with Crippen LogP contribution in [-0.4, -0.2) is 36.1 Å². The number of rotatable bonds is 3. The Morgan fingerprint density at radius 3 is 2.88 bits per heavy atom. The third-order valence-corrected chi connectivity index (χ3v) is 4.78. The number of benzene rings is 1. The summed E-state index contributed by atoms with van der Waals surface area (Å²) in [6.07, 6.45) is 5.01. The number of furan rings is 1. The van der Waals surface area contributed by atoms with Crippen molar-refractivity contribution >= 4 is 16.7 Å². The summed E-state index contributed by atoms with van der Waals surface area (Å²) >= 11 is 0. The van der Waals surface area contributed by atoms with Crippen LogP contribution in [0.5, 0.6) is 0 Å². The normalized spacial score (nSPS) is 16.5. The summed E-state index contributed by atoms with van der Waals surface area (Å²) < 4.78 is 5.98. The van der Waals surface area contributed by atoms with Gasteiger partial charge in [-0.15, -0.1) is 0 Å². The molecule has 1 aliphatic heterocycles. The molecule has 124 valence electrons. The number of hydrogen-bond donors (Lipinski definition) is 0. The summed E-state index contributed by atoms with van der Waals surface area (Å²) in [7, 11) is 0. The fraction of sp³-hybridized carbons (Fsp3) is 0.350. The maximum atomic E-state index is 5.98. The number of fused-ring (bicyclic) bond motifs is 1. The zero-order valence-corrected chi connectivity index (χ0v) is 14.1. The van der Waals surface area contributed by atoms with E-state index < -0.39 is 0 Å². The number of aryl methyl sites for hydroxylation is 1. The van der Waals surface area contributed by atoms with Crippen LogP contribution in [0.1, 0.15) is 17.7 Å². The van der Waals surface area contributed by atoms with E-state index >= 15 is 0 Å². The van der Waals surface area contributed by atoms with Gasteiger partial charge in [0.2, 0.25) is 0 Å². The lowest BCUT2D eigenvalue weighted by Crippen LogP contribution is -2.30. The predicted octanol–water partition coefficient (Wildman–Crippen LogP) is 3.85. The number of nitrogens with zero attached hydrogens (tertiary/aromatic N) is 3. The van der Waals surface area contributed by atoms with E-state index in [9.17, 15) is 0 Å². The Balaban J connectivity index is 1.44. The highest BCUT2D eigenvalue weighted by molar-refractivity contribution is 5.77. The van der Waals surface area contributed by atoms with Crippen LogP contribution < -0.4 is 4.90 Å². The molecule has 0 unspecified atom stereocenters. The van der Waals surface area contributed by atoms with Gasteiger partial charge in [0.15, 0.2) is 0 Å². The molecule has 0 bridgehead atoms. The fourth-order valence-corrected chi connectivity index (χ4v) is 3.53. The minimum atomic E-state index is 0.887. The van der Waals surface area contributed by atoms with Crippen molar-refractivity contribution in [3.63, 3.8) is 0 Å². The van der Waals surface area contributed by atoms with Gasteiger partial charge in [0.05, 0.1) is 6.54 Å². The van der Waals surface area contributed by atoms with Crippen molar-refractivity contribution in [1.29, 1.82) is 0 Å².